The lowest BCUT2D eigenvalue weighted by Gasteiger charge is -2.43. The largest absolute Gasteiger partial charge is 0.460 e. The van der Waals surface area contributed by atoms with Crippen LogP contribution in [0.2, 0.25) is 0 Å². The Balaban J connectivity index is 1.74. The highest BCUT2D eigenvalue weighted by Crippen LogP contribution is 2.38. The molecule has 3 aliphatic heterocycles. The second-order valence-corrected chi connectivity index (χ2v) is 21.7. The molecule has 15 atom stereocenters. The first-order valence-corrected chi connectivity index (χ1v) is 25.9. The van der Waals surface area contributed by atoms with E-state index in [1.807, 2.05) is 65.0 Å². The summed E-state index contributed by atoms with van der Waals surface area (Å²) in [6.45, 7) is 16.3. The van der Waals surface area contributed by atoms with E-state index in [1.165, 1.54) is 12.0 Å². The number of allylic oxidation sites excluding steroid dienone is 6. The van der Waals surface area contributed by atoms with Gasteiger partial charge in [-0.2, -0.15) is 0 Å². The van der Waals surface area contributed by atoms with E-state index >= 15 is 0 Å². The van der Waals surface area contributed by atoms with E-state index in [0.29, 0.717) is 69.8 Å². The van der Waals surface area contributed by atoms with Gasteiger partial charge in [0.2, 0.25) is 5.79 Å². The fourth-order valence-electron chi connectivity index (χ4n) is 10.7. The maximum atomic E-state index is 14.5. The Morgan fingerprint density at radius 1 is 0.886 bits per heavy atom. The SMILES string of the molecule is CO[C@@H]1CC(C[C@@H](C)C2CC(=O)[C@H](C)/C=C(\C)[C@@H](O)[C@@H](OC)C(=O)[C@H](C)C[C@H](C)/C=C/C=C/C=C(\C)C(OC(C)(C)CCO)C[C@@H]3CC[C@@H](C)[C@@](O)(O3)C(=O)C(=O)N3CCCC[C@H]3C(=O)O2)CC[C@H]1O. The van der Waals surface area contributed by atoms with Crippen molar-refractivity contribution in [3.05, 3.63) is 47.6 Å². The average molecular weight is 986 g/mol. The lowest BCUT2D eigenvalue weighted by molar-refractivity contribution is -0.267. The molecule has 1 saturated carbocycles. The van der Waals surface area contributed by atoms with Crippen molar-refractivity contribution in [3.63, 3.8) is 0 Å². The summed E-state index contributed by atoms with van der Waals surface area (Å²) in [5.74, 6) is -8.27. The van der Waals surface area contributed by atoms with Crippen LogP contribution in [-0.2, 0) is 47.7 Å². The molecule has 3 heterocycles. The van der Waals surface area contributed by atoms with E-state index < -0.39 is 89.5 Å². The number of Topliss-reactive ketones (excluding diaryl/α,β-unsaturated/α-hetero) is 3. The fraction of sp³-hybridized carbons (Fsp3) is 0.764. The number of piperidine rings is 1. The molecule has 0 spiro atoms. The van der Waals surface area contributed by atoms with Crippen LogP contribution in [0.4, 0.5) is 0 Å². The molecule has 4 N–H and O–H groups in total. The number of ether oxygens (including phenoxy) is 5. The number of nitrogens with zero attached hydrogens (tertiary/aromatic N) is 1. The number of aliphatic hydroxyl groups is 4. The van der Waals surface area contributed by atoms with Crippen LogP contribution >= 0.6 is 0 Å². The standard InChI is InChI=1S/C55H87NO14/c1-33-17-13-12-14-18-34(2)46(70-54(8,9)24-26-57)31-41-22-20-39(7)55(65,69-41)51(62)52(63)56-25-16-15-19-42(56)53(64)68-45(36(4)29-40-21-23-43(58)47(30-40)66-10)32-44(59)35(3)28-38(6)49(61)50(67-11)48(60)37(5)27-33/h12-14,17-18,28,33,35-37,39-43,45-47,49-50,57-58,61,65H,15-16,19-27,29-32H2,1-11H3/b14-12+,17-13+,34-18+,38-28+/t33-,35-,36-,37-,39-,40?,41+,42+,43-,45?,46?,47-,49-,50+,55-/m1/s1. The quantitative estimate of drug-likeness (QED) is 0.107. The summed E-state index contributed by atoms with van der Waals surface area (Å²) in [4.78, 5) is 72.4. The first-order chi connectivity index (χ1) is 33.0. The van der Waals surface area contributed by atoms with Gasteiger partial charge in [-0.05, 0) is 127 Å². The van der Waals surface area contributed by atoms with Crippen LogP contribution in [-0.4, -0.2) is 142 Å². The summed E-state index contributed by atoms with van der Waals surface area (Å²) >= 11 is 0. The summed E-state index contributed by atoms with van der Waals surface area (Å²) in [5, 5.41) is 44.0. The van der Waals surface area contributed by atoms with Gasteiger partial charge in [0.25, 0.3) is 11.7 Å². The molecule has 4 rings (SSSR count). The van der Waals surface area contributed by atoms with Gasteiger partial charge in [-0.3, -0.25) is 19.2 Å². The van der Waals surface area contributed by atoms with Crippen molar-refractivity contribution >= 4 is 29.2 Å². The molecule has 15 nitrogen and oxygen atoms in total. The molecular weight excluding hydrogens is 899 g/mol. The summed E-state index contributed by atoms with van der Waals surface area (Å²) < 4.78 is 30.3. The van der Waals surface area contributed by atoms with Gasteiger partial charge in [-0.15, -0.1) is 0 Å². The van der Waals surface area contributed by atoms with Crippen molar-refractivity contribution in [2.45, 2.75) is 206 Å². The van der Waals surface area contributed by atoms with Crippen molar-refractivity contribution in [2.75, 3.05) is 27.4 Å². The second kappa shape index (κ2) is 27.0. The number of amides is 1. The lowest BCUT2D eigenvalue weighted by atomic mass is 9.78. The third-order valence-electron chi connectivity index (χ3n) is 15.4. The molecule has 0 aromatic rings. The monoisotopic (exact) mass is 986 g/mol. The molecule has 0 aromatic heterocycles. The average Bonchev–Trinajstić information content (AvgIpc) is 3.31. The van der Waals surface area contributed by atoms with Crippen molar-refractivity contribution in [1.82, 2.24) is 4.90 Å². The number of aliphatic hydroxyl groups excluding tert-OH is 3. The summed E-state index contributed by atoms with van der Waals surface area (Å²) in [5.41, 5.74) is 0.452. The Hall–Kier alpha value is -3.41. The van der Waals surface area contributed by atoms with E-state index in [-0.39, 0.29) is 67.8 Å². The van der Waals surface area contributed by atoms with Crippen LogP contribution < -0.4 is 0 Å². The van der Waals surface area contributed by atoms with Crippen LogP contribution in [0.1, 0.15) is 146 Å². The molecule has 0 aromatic carbocycles. The number of rotatable bonds is 9. The number of ketones is 3. The van der Waals surface area contributed by atoms with Gasteiger partial charge in [0, 0.05) is 58.0 Å². The van der Waals surface area contributed by atoms with Gasteiger partial charge >= 0.3 is 5.97 Å². The summed E-state index contributed by atoms with van der Waals surface area (Å²) in [6, 6.07) is -1.17. The highest BCUT2D eigenvalue weighted by Gasteiger charge is 2.53. The first-order valence-electron chi connectivity index (χ1n) is 25.9. The molecule has 2 bridgehead atoms. The Labute approximate surface area is 417 Å². The first kappa shape index (κ1) is 59.2. The molecule has 3 fully saturated rings. The van der Waals surface area contributed by atoms with Crippen molar-refractivity contribution in [3.8, 4) is 0 Å². The number of fused-ring (bicyclic) bond motifs is 3. The lowest BCUT2D eigenvalue weighted by Crippen LogP contribution is -2.61. The smallest absolute Gasteiger partial charge is 0.329 e. The molecule has 1 amide bonds. The van der Waals surface area contributed by atoms with Crippen molar-refractivity contribution in [1.29, 1.82) is 0 Å². The molecule has 0 radical (unpaired) electrons. The number of hydrogen-bond donors (Lipinski definition) is 4. The third-order valence-corrected chi connectivity index (χ3v) is 15.4. The highest BCUT2D eigenvalue weighted by atomic mass is 16.6. The zero-order chi connectivity index (χ0) is 52.1. The van der Waals surface area contributed by atoms with Gasteiger partial charge in [-0.25, -0.2) is 4.79 Å². The van der Waals surface area contributed by atoms with E-state index in [2.05, 4.69) is 0 Å². The Morgan fingerprint density at radius 2 is 1.60 bits per heavy atom. The fourth-order valence-corrected chi connectivity index (χ4v) is 10.7. The van der Waals surface area contributed by atoms with E-state index in [9.17, 15) is 44.4 Å². The number of carbonyl (C=O) groups excluding carboxylic acids is 5. The van der Waals surface area contributed by atoms with Crippen molar-refractivity contribution < 1.29 is 68.1 Å². The number of hydrogen-bond acceptors (Lipinski definition) is 14. The topological polar surface area (TPSA) is 216 Å². The molecule has 70 heavy (non-hydrogen) atoms. The third kappa shape index (κ3) is 16.0. The van der Waals surface area contributed by atoms with E-state index in [1.54, 1.807) is 40.9 Å². The molecule has 1 aliphatic carbocycles. The van der Waals surface area contributed by atoms with Gasteiger partial charge in [-0.1, -0.05) is 71.1 Å². The van der Waals surface area contributed by atoms with Crippen LogP contribution in [0.5, 0.6) is 0 Å². The van der Waals surface area contributed by atoms with Crippen LogP contribution in [0.25, 0.3) is 0 Å². The predicted molar refractivity (Wildman–Crippen MR) is 265 cm³/mol. The van der Waals surface area contributed by atoms with Gasteiger partial charge < -0.3 is 49.0 Å². The Morgan fingerprint density at radius 3 is 2.27 bits per heavy atom. The minimum atomic E-state index is -2.49. The normalized spacial score (nSPS) is 38.6. The summed E-state index contributed by atoms with van der Waals surface area (Å²) in [7, 11) is 2.94. The highest BCUT2D eigenvalue weighted by molar-refractivity contribution is 6.39. The summed E-state index contributed by atoms with van der Waals surface area (Å²) in [6.07, 6.45) is 10.8. The van der Waals surface area contributed by atoms with Gasteiger partial charge in [0.15, 0.2) is 5.78 Å². The Kier molecular flexibility index (Phi) is 22.9. The van der Waals surface area contributed by atoms with Gasteiger partial charge in [0.1, 0.15) is 30.1 Å². The molecule has 4 aliphatic rings. The number of methoxy groups -OCH3 is 2. The number of cyclic esters (lactones) is 1. The van der Waals surface area contributed by atoms with Crippen LogP contribution in [0, 0.1) is 35.5 Å². The minimum Gasteiger partial charge on any atom is -0.460 e. The molecular formula is C55H87NO14. The zero-order valence-electron chi connectivity index (χ0n) is 44.0. The number of esters is 1. The van der Waals surface area contributed by atoms with Gasteiger partial charge in [0.05, 0.1) is 30.0 Å². The number of carbonyl (C=O) groups is 5. The van der Waals surface area contributed by atoms with E-state index in [4.69, 9.17) is 23.7 Å². The second-order valence-electron chi connectivity index (χ2n) is 21.7. The van der Waals surface area contributed by atoms with Crippen molar-refractivity contribution in [2.24, 2.45) is 35.5 Å². The molecule has 2 saturated heterocycles. The predicted octanol–water partition coefficient (Wildman–Crippen LogP) is 6.71. The maximum Gasteiger partial charge on any atom is 0.329 e. The maximum absolute atomic E-state index is 14.5. The Bertz CT molecular complexity index is 1890. The molecule has 3 unspecified atom stereocenters. The minimum absolute atomic E-state index is 0.0144. The molecule has 396 valence electrons. The van der Waals surface area contributed by atoms with E-state index in [0.717, 1.165) is 5.57 Å². The molecule has 15 heteroatoms. The zero-order valence-corrected chi connectivity index (χ0v) is 44.0. The van der Waals surface area contributed by atoms with Crippen LogP contribution in [0.3, 0.4) is 0 Å². The van der Waals surface area contributed by atoms with Crippen LogP contribution in [0.15, 0.2) is 47.6 Å².